The number of hydrogen-bond acceptors (Lipinski definition) is 4. The van der Waals surface area contributed by atoms with Gasteiger partial charge in [-0.25, -0.2) is 0 Å². The maximum atomic E-state index is 12.6. The Balaban J connectivity index is 1.77. The Hall–Kier alpha value is -2.62. The number of fused-ring (bicyclic) bond motifs is 1. The van der Waals surface area contributed by atoms with Crippen LogP contribution in [0.4, 0.5) is 0 Å². The quantitative estimate of drug-likeness (QED) is 0.595. The summed E-state index contributed by atoms with van der Waals surface area (Å²) in [5.41, 5.74) is 1.45. The van der Waals surface area contributed by atoms with Gasteiger partial charge in [0.15, 0.2) is 5.78 Å². The highest BCUT2D eigenvalue weighted by atomic mass is 16.5. The van der Waals surface area contributed by atoms with Crippen molar-refractivity contribution in [2.24, 2.45) is 5.92 Å². The minimum absolute atomic E-state index is 0.107. The Morgan fingerprint density at radius 1 is 1.22 bits per heavy atom. The number of Topliss-reactive ketones (excluding diaryl/α,β-unsaturated/α-hetero) is 1. The maximum absolute atomic E-state index is 12.6. The van der Waals surface area contributed by atoms with Crippen LogP contribution in [0, 0.1) is 5.92 Å². The molecule has 1 aliphatic heterocycles. The molecule has 1 heterocycles. The van der Waals surface area contributed by atoms with Gasteiger partial charge in [0.25, 0.3) is 0 Å². The monoisotopic (exact) mass is 366 g/mol. The molecule has 0 spiro atoms. The zero-order valence-electron chi connectivity index (χ0n) is 16.1. The molecular weight excluding hydrogens is 340 g/mol. The number of carbonyl (C=O) groups is 2. The summed E-state index contributed by atoms with van der Waals surface area (Å²) in [4.78, 5) is 24.0. The number of rotatable bonds is 6. The summed E-state index contributed by atoms with van der Waals surface area (Å²) in [5, 5.41) is 10.4. The molecule has 27 heavy (non-hydrogen) atoms. The van der Waals surface area contributed by atoms with Crippen molar-refractivity contribution in [1.29, 1.82) is 0 Å². The molecule has 4 nitrogen and oxygen atoms in total. The Labute approximate surface area is 160 Å². The van der Waals surface area contributed by atoms with Crippen molar-refractivity contribution in [1.82, 2.24) is 0 Å². The summed E-state index contributed by atoms with van der Waals surface area (Å²) in [6.45, 7) is 5.55. The van der Waals surface area contributed by atoms with Crippen molar-refractivity contribution in [3.05, 3.63) is 59.2 Å². The number of carbonyl (C=O) groups excluding carboxylic acids is 2. The van der Waals surface area contributed by atoms with Crippen LogP contribution in [-0.4, -0.2) is 22.8 Å². The van der Waals surface area contributed by atoms with E-state index in [2.05, 4.69) is 19.1 Å². The predicted octanol–water partition coefficient (Wildman–Crippen LogP) is 4.69. The molecule has 2 unspecified atom stereocenters. The highest BCUT2D eigenvalue weighted by Gasteiger charge is 2.44. The molecule has 0 saturated heterocycles. The Bertz CT molecular complexity index is 839. The molecule has 0 aromatic heterocycles. The molecule has 3 rings (SSSR count). The molecular formula is C23H26O4. The summed E-state index contributed by atoms with van der Waals surface area (Å²) < 4.78 is 5.93. The molecule has 2 aromatic carbocycles. The lowest BCUT2D eigenvalue weighted by Gasteiger charge is -2.36. The van der Waals surface area contributed by atoms with E-state index in [0.717, 1.165) is 24.8 Å². The second-order valence-corrected chi connectivity index (χ2v) is 7.88. The number of ether oxygens (including phenoxy) is 1. The van der Waals surface area contributed by atoms with Crippen molar-refractivity contribution < 1.29 is 19.4 Å². The van der Waals surface area contributed by atoms with Crippen LogP contribution in [0.2, 0.25) is 0 Å². The molecule has 4 heteroatoms. The highest BCUT2D eigenvalue weighted by Crippen LogP contribution is 2.42. The summed E-state index contributed by atoms with van der Waals surface area (Å²) in [5.74, 6) is -0.810. The van der Waals surface area contributed by atoms with Crippen molar-refractivity contribution >= 4 is 12.1 Å². The smallest absolute Gasteiger partial charge is 0.184 e. The summed E-state index contributed by atoms with van der Waals surface area (Å²) in [6, 6.07) is 13.8. The highest BCUT2D eigenvalue weighted by molar-refractivity contribution is 6.10. The standard InChI is InChI=1S/C23H26O4/c1-15(8-7-11-16-9-5-4-6-10-16)17-12-19(25)21-20(13-17)27-23(2,3)18(14-24)22(21)26/h4-6,9-10,12-15,18,25H,7-8,11H2,1-3H3. The number of phenols is 1. The van der Waals surface area contributed by atoms with Crippen LogP contribution >= 0.6 is 0 Å². The second kappa shape index (κ2) is 7.55. The van der Waals surface area contributed by atoms with E-state index >= 15 is 0 Å². The lowest BCUT2D eigenvalue weighted by molar-refractivity contribution is -0.114. The van der Waals surface area contributed by atoms with E-state index in [0.29, 0.717) is 12.0 Å². The van der Waals surface area contributed by atoms with Gasteiger partial charge in [-0.3, -0.25) is 4.79 Å². The topological polar surface area (TPSA) is 63.6 Å². The number of ketones is 1. The average molecular weight is 366 g/mol. The average Bonchev–Trinajstić information content (AvgIpc) is 2.61. The minimum atomic E-state index is -0.923. The number of phenolic OH excluding ortho intramolecular Hbond substituents is 1. The van der Waals surface area contributed by atoms with Gasteiger partial charge in [-0.2, -0.15) is 0 Å². The molecule has 2 aromatic rings. The maximum Gasteiger partial charge on any atom is 0.184 e. The van der Waals surface area contributed by atoms with Crippen LogP contribution in [0.5, 0.6) is 11.5 Å². The fraction of sp³-hybridized carbons (Fsp3) is 0.391. The summed E-state index contributed by atoms with van der Waals surface area (Å²) in [6.07, 6.45) is 3.60. The molecule has 1 N–H and O–H groups in total. The minimum Gasteiger partial charge on any atom is -0.507 e. The van der Waals surface area contributed by atoms with Gasteiger partial charge in [-0.15, -0.1) is 0 Å². The SMILES string of the molecule is CC(CCCc1ccccc1)c1cc(O)c2c(c1)OC(C)(C)C(C=O)C2=O. The van der Waals surface area contributed by atoms with Crippen LogP contribution in [0.1, 0.15) is 61.0 Å². The third-order valence-electron chi connectivity index (χ3n) is 5.41. The van der Waals surface area contributed by atoms with E-state index in [4.69, 9.17) is 4.74 Å². The van der Waals surface area contributed by atoms with Gasteiger partial charge < -0.3 is 14.6 Å². The van der Waals surface area contributed by atoms with E-state index in [1.165, 1.54) is 5.56 Å². The molecule has 0 aliphatic carbocycles. The van der Waals surface area contributed by atoms with Crippen molar-refractivity contribution in [2.45, 2.75) is 51.6 Å². The van der Waals surface area contributed by atoms with Crippen molar-refractivity contribution in [2.75, 3.05) is 0 Å². The van der Waals surface area contributed by atoms with Crippen molar-refractivity contribution in [3.63, 3.8) is 0 Å². The van der Waals surface area contributed by atoms with Crippen LogP contribution in [0.15, 0.2) is 42.5 Å². The molecule has 0 bridgehead atoms. The second-order valence-electron chi connectivity index (χ2n) is 7.88. The van der Waals surface area contributed by atoms with Gasteiger partial charge >= 0.3 is 0 Å². The van der Waals surface area contributed by atoms with Gasteiger partial charge in [0, 0.05) is 0 Å². The Morgan fingerprint density at radius 3 is 2.59 bits per heavy atom. The first-order valence-electron chi connectivity index (χ1n) is 9.43. The number of aldehydes is 1. The van der Waals surface area contributed by atoms with Crippen LogP contribution in [0.3, 0.4) is 0 Å². The molecule has 0 saturated carbocycles. The van der Waals surface area contributed by atoms with E-state index in [9.17, 15) is 14.7 Å². The molecule has 2 atom stereocenters. The van der Waals surface area contributed by atoms with E-state index in [-0.39, 0.29) is 23.0 Å². The van der Waals surface area contributed by atoms with Crippen LogP contribution in [-0.2, 0) is 11.2 Å². The first-order chi connectivity index (χ1) is 12.8. The van der Waals surface area contributed by atoms with Gasteiger partial charge in [-0.05, 0) is 62.3 Å². The largest absolute Gasteiger partial charge is 0.507 e. The Kier molecular flexibility index (Phi) is 5.36. The Morgan fingerprint density at radius 2 is 1.93 bits per heavy atom. The number of aryl methyl sites for hydroxylation is 1. The first kappa shape index (κ1) is 19.2. The number of aromatic hydroxyl groups is 1. The predicted molar refractivity (Wildman–Crippen MR) is 104 cm³/mol. The normalized spacial score (nSPS) is 19.1. The van der Waals surface area contributed by atoms with Gasteiger partial charge in [0.1, 0.15) is 34.9 Å². The van der Waals surface area contributed by atoms with Crippen molar-refractivity contribution in [3.8, 4) is 11.5 Å². The fourth-order valence-electron chi connectivity index (χ4n) is 3.70. The van der Waals surface area contributed by atoms with E-state index < -0.39 is 11.5 Å². The van der Waals surface area contributed by atoms with Gasteiger partial charge in [0.05, 0.1) is 0 Å². The summed E-state index contributed by atoms with van der Waals surface area (Å²) >= 11 is 0. The van der Waals surface area contributed by atoms with E-state index in [1.54, 1.807) is 19.9 Å². The van der Waals surface area contributed by atoms with E-state index in [1.807, 2.05) is 24.3 Å². The molecule has 0 amide bonds. The number of hydrogen-bond donors (Lipinski definition) is 1. The third kappa shape index (κ3) is 3.90. The lowest BCUT2D eigenvalue weighted by atomic mass is 9.81. The molecule has 0 radical (unpaired) electrons. The molecule has 0 fully saturated rings. The zero-order valence-corrected chi connectivity index (χ0v) is 16.1. The fourth-order valence-corrected chi connectivity index (χ4v) is 3.70. The zero-order chi connectivity index (χ0) is 19.6. The molecule has 1 aliphatic rings. The van der Waals surface area contributed by atoms with Gasteiger partial charge in [0.2, 0.25) is 0 Å². The summed E-state index contributed by atoms with van der Waals surface area (Å²) in [7, 11) is 0. The van der Waals surface area contributed by atoms with Crippen LogP contribution in [0.25, 0.3) is 0 Å². The number of benzene rings is 2. The first-order valence-corrected chi connectivity index (χ1v) is 9.43. The third-order valence-corrected chi connectivity index (χ3v) is 5.41. The lowest BCUT2D eigenvalue weighted by Crippen LogP contribution is -2.46. The molecule has 142 valence electrons. The van der Waals surface area contributed by atoms with Gasteiger partial charge in [-0.1, -0.05) is 37.3 Å². The van der Waals surface area contributed by atoms with Crippen LogP contribution < -0.4 is 4.74 Å².